The Morgan fingerprint density at radius 3 is 2.26 bits per heavy atom. The number of para-hydroxylation sites is 1. The maximum Gasteiger partial charge on any atom is 0.253 e. The highest BCUT2D eigenvalue weighted by molar-refractivity contribution is 5.97. The Kier molecular flexibility index (Phi) is 5.64. The molecule has 1 aliphatic rings. The summed E-state index contributed by atoms with van der Waals surface area (Å²) in [6.45, 7) is 9.18. The number of likely N-dealkylation sites (tertiary alicyclic amines) is 1. The largest absolute Gasteiger partial charge is 0.338 e. The van der Waals surface area contributed by atoms with Gasteiger partial charge in [0.15, 0.2) is 0 Å². The molecule has 0 bridgehead atoms. The van der Waals surface area contributed by atoms with Crippen LogP contribution in [0.4, 0.5) is 5.69 Å². The van der Waals surface area contributed by atoms with Crippen LogP contribution in [0.25, 0.3) is 0 Å². The van der Waals surface area contributed by atoms with E-state index in [1.165, 1.54) is 0 Å². The molecule has 0 saturated carbocycles. The molecular weight excluding hydrogens is 336 g/mol. The normalized spacial score (nSPS) is 16.9. The lowest BCUT2D eigenvalue weighted by atomic mass is 9.95. The number of carbonyl (C=O) groups is 2. The smallest absolute Gasteiger partial charge is 0.253 e. The van der Waals surface area contributed by atoms with Crippen LogP contribution in [0.2, 0.25) is 0 Å². The summed E-state index contributed by atoms with van der Waals surface area (Å²) < 4.78 is 0. The zero-order valence-corrected chi connectivity index (χ0v) is 16.6. The van der Waals surface area contributed by atoms with Crippen LogP contribution in [-0.2, 0) is 4.79 Å². The number of benzene rings is 2. The molecule has 0 aliphatic carbocycles. The summed E-state index contributed by atoms with van der Waals surface area (Å²) >= 11 is 0. The SMILES string of the molecule is Cc1cc(C)cc(C(=O)N2CCC[C@@H](C(=O)Nc3c(C)cccc3C)C2)c1. The molecular formula is C23H28N2O2. The standard InChI is InChI=1S/C23H28N2O2/c1-15-11-16(2)13-20(12-15)23(27)25-10-6-9-19(14-25)22(26)24-21-17(3)7-5-8-18(21)4/h5,7-8,11-13,19H,6,9-10,14H2,1-4H3,(H,24,26)/t19-/m1/s1. The topological polar surface area (TPSA) is 49.4 Å². The van der Waals surface area contributed by atoms with Gasteiger partial charge in [0.1, 0.15) is 0 Å². The lowest BCUT2D eigenvalue weighted by Gasteiger charge is -2.32. The number of hydrogen-bond donors (Lipinski definition) is 1. The Hall–Kier alpha value is -2.62. The van der Waals surface area contributed by atoms with Gasteiger partial charge in [-0.25, -0.2) is 0 Å². The molecule has 0 radical (unpaired) electrons. The lowest BCUT2D eigenvalue weighted by Crippen LogP contribution is -2.43. The van der Waals surface area contributed by atoms with Crippen molar-refractivity contribution >= 4 is 17.5 Å². The van der Waals surface area contributed by atoms with Gasteiger partial charge in [0, 0.05) is 24.3 Å². The van der Waals surface area contributed by atoms with Crippen molar-refractivity contribution in [3.8, 4) is 0 Å². The number of nitrogens with zero attached hydrogens (tertiary/aromatic N) is 1. The molecule has 2 aromatic rings. The van der Waals surface area contributed by atoms with Crippen LogP contribution in [0.15, 0.2) is 36.4 Å². The number of anilines is 1. The van der Waals surface area contributed by atoms with Gasteiger partial charge in [-0.05, 0) is 63.8 Å². The lowest BCUT2D eigenvalue weighted by molar-refractivity contribution is -0.121. The first-order chi connectivity index (χ1) is 12.8. The van der Waals surface area contributed by atoms with E-state index in [4.69, 9.17) is 0 Å². The summed E-state index contributed by atoms with van der Waals surface area (Å²) in [5.74, 6) is -0.149. The fraction of sp³-hybridized carbons (Fsp3) is 0.391. The fourth-order valence-corrected chi connectivity index (χ4v) is 3.89. The summed E-state index contributed by atoms with van der Waals surface area (Å²) in [5.41, 5.74) is 5.88. The molecule has 1 atom stereocenters. The van der Waals surface area contributed by atoms with E-state index in [1.807, 2.05) is 62.9 Å². The fourth-order valence-electron chi connectivity index (χ4n) is 3.89. The van der Waals surface area contributed by atoms with Crippen molar-refractivity contribution in [1.29, 1.82) is 0 Å². The zero-order chi connectivity index (χ0) is 19.6. The number of nitrogens with one attached hydrogen (secondary N) is 1. The molecule has 0 unspecified atom stereocenters. The minimum absolute atomic E-state index is 0.00493. The van der Waals surface area contributed by atoms with Gasteiger partial charge < -0.3 is 10.2 Å². The predicted molar refractivity (Wildman–Crippen MR) is 109 cm³/mol. The number of carbonyl (C=O) groups excluding carboxylic acids is 2. The van der Waals surface area contributed by atoms with Gasteiger partial charge >= 0.3 is 0 Å². The van der Waals surface area contributed by atoms with E-state index in [1.54, 1.807) is 0 Å². The van der Waals surface area contributed by atoms with E-state index in [0.29, 0.717) is 18.7 Å². The second-order valence-corrected chi connectivity index (χ2v) is 7.72. The van der Waals surface area contributed by atoms with Gasteiger partial charge in [-0.1, -0.05) is 35.4 Å². The molecule has 3 rings (SSSR count). The van der Waals surface area contributed by atoms with Gasteiger partial charge in [-0.3, -0.25) is 9.59 Å². The van der Waals surface area contributed by atoms with Gasteiger partial charge in [0.05, 0.1) is 5.92 Å². The highest BCUT2D eigenvalue weighted by Crippen LogP contribution is 2.24. The van der Waals surface area contributed by atoms with Gasteiger partial charge in [0.2, 0.25) is 5.91 Å². The number of rotatable bonds is 3. The monoisotopic (exact) mass is 364 g/mol. The second-order valence-electron chi connectivity index (χ2n) is 7.72. The molecule has 1 heterocycles. The van der Waals surface area contributed by atoms with Gasteiger partial charge in [0.25, 0.3) is 5.91 Å². The molecule has 4 heteroatoms. The average molecular weight is 364 g/mol. The van der Waals surface area contributed by atoms with Crippen LogP contribution >= 0.6 is 0 Å². The number of aryl methyl sites for hydroxylation is 4. The Morgan fingerprint density at radius 2 is 1.63 bits per heavy atom. The third-order valence-corrected chi connectivity index (χ3v) is 5.28. The molecule has 27 heavy (non-hydrogen) atoms. The summed E-state index contributed by atoms with van der Waals surface area (Å²) in [5, 5.41) is 3.09. The Labute approximate surface area is 161 Å². The molecule has 1 N–H and O–H groups in total. The first-order valence-corrected chi connectivity index (χ1v) is 9.60. The van der Waals surface area contributed by atoms with Gasteiger partial charge in [-0.15, -0.1) is 0 Å². The van der Waals surface area contributed by atoms with Crippen molar-refractivity contribution in [3.63, 3.8) is 0 Å². The minimum atomic E-state index is -0.174. The minimum Gasteiger partial charge on any atom is -0.338 e. The maximum absolute atomic E-state index is 12.9. The highest BCUT2D eigenvalue weighted by atomic mass is 16.2. The molecule has 1 saturated heterocycles. The third kappa shape index (κ3) is 4.38. The molecule has 1 fully saturated rings. The van der Waals surface area contributed by atoms with E-state index < -0.39 is 0 Å². The molecule has 1 aliphatic heterocycles. The van der Waals surface area contributed by atoms with E-state index >= 15 is 0 Å². The van der Waals surface area contributed by atoms with Crippen LogP contribution in [0.1, 0.15) is 45.5 Å². The highest BCUT2D eigenvalue weighted by Gasteiger charge is 2.29. The van der Waals surface area contributed by atoms with Crippen molar-refractivity contribution in [1.82, 2.24) is 4.90 Å². The van der Waals surface area contributed by atoms with Crippen molar-refractivity contribution in [2.24, 2.45) is 5.92 Å². The number of hydrogen-bond acceptors (Lipinski definition) is 2. The van der Waals surface area contributed by atoms with Gasteiger partial charge in [-0.2, -0.15) is 0 Å². The Bertz CT molecular complexity index is 832. The summed E-state index contributed by atoms with van der Waals surface area (Å²) in [6.07, 6.45) is 1.66. The number of piperidine rings is 1. The molecule has 0 spiro atoms. The van der Waals surface area contributed by atoms with Crippen LogP contribution < -0.4 is 5.32 Å². The van der Waals surface area contributed by atoms with Crippen LogP contribution in [0.5, 0.6) is 0 Å². The molecule has 4 nitrogen and oxygen atoms in total. The second kappa shape index (κ2) is 7.95. The van der Waals surface area contributed by atoms with Crippen molar-refractivity contribution in [3.05, 3.63) is 64.2 Å². The van der Waals surface area contributed by atoms with Crippen molar-refractivity contribution in [2.75, 3.05) is 18.4 Å². The molecule has 2 aromatic carbocycles. The zero-order valence-electron chi connectivity index (χ0n) is 16.6. The summed E-state index contributed by atoms with van der Waals surface area (Å²) in [7, 11) is 0. The van der Waals surface area contributed by atoms with E-state index in [9.17, 15) is 9.59 Å². The summed E-state index contributed by atoms with van der Waals surface area (Å²) in [4.78, 5) is 27.6. The predicted octanol–water partition coefficient (Wildman–Crippen LogP) is 4.41. The first kappa shape index (κ1) is 19.2. The van der Waals surface area contributed by atoms with E-state index in [0.717, 1.165) is 40.8 Å². The Morgan fingerprint density at radius 1 is 1.00 bits per heavy atom. The van der Waals surface area contributed by atoms with Crippen LogP contribution in [0.3, 0.4) is 0 Å². The molecule has 2 amide bonds. The average Bonchev–Trinajstić information content (AvgIpc) is 2.63. The first-order valence-electron chi connectivity index (χ1n) is 9.60. The Balaban J connectivity index is 1.72. The van der Waals surface area contributed by atoms with Crippen LogP contribution in [0, 0.1) is 33.6 Å². The molecule has 142 valence electrons. The van der Waals surface area contributed by atoms with Crippen LogP contribution in [-0.4, -0.2) is 29.8 Å². The summed E-state index contributed by atoms with van der Waals surface area (Å²) in [6, 6.07) is 11.9. The quantitative estimate of drug-likeness (QED) is 0.877. The third-order valence-electron chi connectivity index (χ3n) is 5.28. The van der Waals surface area contributed by atoms with E-state index in [-0.39, 0.29) is 17.7 Å². The van der Waals surface area contributed by atoms with Crippen molar-refractivity contribution in [2.45, 2.75) is 40.5 Å². The maximum atomic E-state index is 12.9. The van der Waals surface area contributed by atoms with Crippen molar-refractivity contribution < 1.29 is 9.59 Å². The molecule has 0 aromatic heterocycles. The van der Waals surface area contributed by atoms with E-state index in [2.05, 4.69) is 11.4 Å². The number of amides is 2.